The summed E-state index contributed by atoms with van der Waals surface area (Å²) in [5.74, 6) is 1.27. The highest BCUT2D eigenvalue weighted by Crippen LogP contribution is 2.27. The van der Waals surface area contributed by atoms with Crippen LogP contribution < -0.4 is 5.32 Å². The molecule has 2 rings (SSSR count). The van der Waals surface area contributed by atoms with Gasteiger partial charge < -0.3 is 0 Å². The predicted molar refractivity (Wildman–Crippen MR) is 58.9 cm³/mol. The summed E-state index contributed by atoms with van der Waals surface area (Å²) in [6.45, 7) is 2.24. The third-order valence-corrected chi connectivity index (χ3v) is 3.52. The standard InChI is InChI=1S/C11H15NS/c1-9-12-11(7-8-13-9)10-5-3-2-4-6-10/h2-6,9,11-12H,7-8H2,1H3/t9-,11+/m1/s1. The molecular formula is C11H15NS. The Morgan fingerprint density at radius 3 is 2.77 bits per heavy atom. The summed E-state index contributed by atoms with van der Waals surface area (Å²) >= 11 is 2.01. The Labute approximate surface area is 83.9 Å². The van der Waals surface area contributed by atoms with Crippen LogP contribution in [0, 0.1) is 0 Å². The van der Waals surface area contributed by atoms with Crippen LogP contribution in [0.5, 0.6) is 0 Å². The van der Waals surface area contributed by atoms with Crippen molar-refractivity contribution in [2.75, 3.05) is 5.75 Å². The quantitative estimate of drug-likeness (QED) is 0.736. The molecule has 0 spiro atoms. The maximum Gasteiger partial charge on any atom is 0.0508 e. The van der Waals surface area contributed by atoms with Gasteiger partial charge in [0.25, 0.3) is 0 Å². The predicted octanol–water partition coefficient (Wildman–Crippen LogP) is 2.80. The minimum atomic E-state index is 0.567. The summed E-state index contributed by atoms with van der Waals surface area (Å²) in [7, 11) is 0. The van der Waals surface area contributed by atoms with E-state index < -0.39 is 0 Å². The van der Waals surface area contributed by atoms with Crippen molar-refractivity contribution >= 4 is 11.8 Å². The van der Waals surface area contributed by atoms with Crippen LogP contribution in [0.4, 0.5) is 0 Å². The molecule has 0 amide bonds. The van der Waals surface area contributed by atoms with Crippen molar-refractivity contribution in [3.05, 3.63) is 35.9 Å². The molecule has 1 nitrogen and oxygen atoms in total. The van der Waals surface area contributed by atoms with E-state index in [1.165, 1.54) is 17.7 Å². The molecule has 0 radical (unpaired) electrons. The Balaban J connectivity index is 2.08. The summed E-state index contributed by atoms with van der Waals surface area (Å²) in [6.07, 6.45) is 1.25. The zero-order valence-electron chi connectivity index (χ0n) is 7.86. The molecule has 1 aromatic carbocycles. The number of benzene rings is 1. The van der Waals surface area contributed by atoms with Crippen LogP contribution >= 0.6 is 11.8 Å². The number of hydrogen-bond donors (Lipinski definition) is 1. The van der Waals surface area contributed by atoms with E-state index >= 15 is 0 Å². The molecule has 0 aliphatic carbocycles. The largest absolute Gasteiger partial charge is 0.299 e. The number of rotatable bonds is 1. The van der Waals surface area contributed by atoms with Gasteiger partial charge in [0.2, 0.25) is 0 Å². The second kappa shape index (κ2) is 4.16. The highest BCUT2D eigenvalue weighted by Gasteiger charge is 2.18. The average Bonchev–Trinajstić information content (AvgIpc) is 2.19. The molecule has 1 aliphatic rings. The minimum absolute atomic E-state index is 0.567. The van der Waals surface area contributed by atoms with Crippen molar-refractivity contribution < 1.29 is 0 Å². The first kappa shape index (κ1) is 9.10. The molecule has 1 fully saturated rings. The SMILES string of the molecule is C[C@@H]1N[C@H](c2ccccc2)CCS1. The van der Waals surface area contributed by atoms with Crippen LogP contribution in [0.25, 0.3) is 0 Å². The fourth-order valence-corrected chi connectivity index (χ4v) is 2.71. The third kappa shape index (κ3) is 2.26. The topological polar surface area (TPSA) is 12.0 Å². The second-order valence-corrected chi connectivity index (χ2v) is 4.88. The maximum atomic E-state index is 3.60. The molecule has 0 bridgehead atoms. The van der Waals surface area contributed by atoms with Gasteiger partial charge in [-0.2, -0.15) is 0 Å². The van der Waals surface area contributed by atoms with Gasteiger partial charge >= 0.3 is 0 Å². The molecular weight excluding hydrogens is 178 g/mol. The Morgan fingerprint density at radius 2 is 2.08 bits per heavy atom. The number of nitrogens with one attached hydrogen (secondary N) is 1. The summed E-state index contributed by atoms with van der Waals surface area (Å²) in [6, 6.07) is 11.3. The van der Waals surface area contributed by atoms with Gasteiger partial charge in [-0.15, -0.1) is 11.8 Å². The molecule has 70 valence electrons. The van der Waals surface area contributed by atoms with Crippen molar-refractivity contribution in [1.29, 1.82) is 0 Å². The minimum Gasteiger partial charge on any atom is -0.299 e. The lowest BCUT2D eigenvalue weighted by molar-refractivity contribution is 0.504. The molecule has 0 saturated carbocycles. The Hall–Kier alpha value is -0.470. The van der Waals surface area contributed by atoms with E-state index in [2.05, 4.69) is 42.6 Å². The Bertz CT molecular complexity index is 260. The molecule has 1 saturated heterocycles. The normalized spacial score (nSPS) is 28.7. The lowest BCUT2D eigenvalue weighted by atomic mass is 10.0. The smallest absolute Gasteiger partial charge is 0.0508 e. The van der Waals surface area contributed by atoms with Gasteiger partial charge in [-0.1, -0.05) is 30.3 Å². The molecule has 1 N–H and O–H groups in total. The number of hydrogen-bond acceptors (Lipinski definition) is 2. The van der Waals surface area contributed by atoms with Crippen LogP contribution in [-0.4, -0.2) is 11.1 Å². The molecule has 1 aliphatic heterocycles. The van der Waals surface area contributed by atoms with E-state index in [1.54, 1.807) is 0 Å². The zero-order valence-corrected chi connectivity index (χ0v) is 8.68. The molecule has 0 aromatic heterocycles. The molecule has 2 heteroatoms. The van der Waals surface area contributed by atoms with E-state index in [9.17, 15) is 0 Å². The van der Waals surface area contributed by atoms with Gasteiger partial charge in [0.05, 0.1) is 5.37 Å². The fourth-order valence-electron chi connectivity index (χ4n) is 1.73. The van der Waals surface area contributed by atoms with E-state index in [0.717, 1.165) is 0 Å². The van der Waals surface area contributed by atoms with E-state index in [-0.39, 0.29) is 0 Å². The monoisotopic (exact) mass is 193 g/mol. The lowest BCUT2D eigenvalue weighted by Crippen LogP contribution is -2.32. The molecule has 13 heavy (non-hydrogen) atoms. The summed E-state index contributed by atoms with van der Waals surface area (Å²) in [4.78, 5) is 0. The van der Waals surface area contributed by atoms with E-state index in [4.69, 9.17) is 0 Å². The average molecular weight is 193 g/mol. The van der Waals surface area contributed by atoms with Gasteiger partial charge in [0.1, 0.15) is 0 Å². The highest BCUT2D eigenvalue weighted by molar-refractivity contribution is 7.99. The molecule has 1 heterocycles. The first-order valence-corrected chi connectivity index (χ1v) is 5.84. The zero-order chi connectivity index (χ0) is 9.10. The molecule has 1 aromatic rings. The van der Waals surface area contributed by atoms with Gasteiger partial charge in [-0.05, 0) is 24.7 Å². The van der Waals surface area contributed by atoms with Crippen LogP contribution in [0.1, 0.15) is 24.9 Å². The van der Waals surface area contributed by atoms with Crippen molar-refractivity contribution in [3.63, 3.8) is 0 Å². The maximum absolute atomic E-state index is 3.60. The first-order valence-electron chi connectivity index (χ1n) is 4.79. The van der Waals surface area contributed by atoms with Crippen molar-refractivity contribution in [3.8, 4) is 0 Å². The van der Waals surface area contributed by atoms with E-state index in [0.29, 0.717) is 11.4 Å². The van der Waals surface area contributed by atoms with Crippen molar-refractivity contribution in [2.45, 2.75) is 24.8 Å². The summed E-state index contributed by atoms with van der Waals surface area (Å²) < 4.78 is 0. The molecule has 0 unspecified atom stereocenters. The Kier molecular flexibility index (Phi) is 2.91. The van der Waals surface area contributed by atoms with E-state index in [1.807, 2.05) is 11.8 Å². The fraction of sp³-hybridized carbons (Fsp3) is 0.455. The number of thioether (sulfide) groups is 1. The Morgan fingerprint density at radius 1 is 1.31 bits per heavy atom. The van der Waals surface area contributed by atoms with Gasteiger partial charge in [0, 0.05) is 6.04 Å². The summed E-state index contributed by atoms with van der Waals surface area (Å²) in [5.41, 5.74) is 1.43. The third-order valence-electron chi connectivity index (χ3n) is 2.41. The van der Waals surface area contributed by atoms with Crippen LogP contribution in [0.15, 0.2) is 30.3 Å². The van der Waals surface area contributed by atoms with Crippen molar-refractivity contribution in [1.82, 2.24) is 5.32 Å². The lowest BCUT2D eigenvalue weighted by Gasteiger charge is -2.28. The van der Waals surface area contributed by atoms with Gasteiger partial charge in [0.15, 0.2) is 0 Å². The first-order chi connectivity index (χ1) is 6.36. The second-order valence-electron chi connectivity index (χ2n) is 3.43. The van der Waals surface area contributed by atoms with Crippen molar-refractivity contribution in [2.24, 2.45) is 0 Å². The van der Waals surface area contributed by atoms with Crippen LogP contribution in [0.2, 0.25) is 0 Å². The van der Waals surface area contributed by atoms with Gasteiger partial charge in [-0.25, -0.2) is 0 Å². The summed E-state index contributed by atoms with van der Waals surface area (Å²) in [5, 5.41) is 4.19. The molecule has 2 atom stereocenters. The van der Waals surface area contributed by atoms with Crippen LogP contribution in [0.3, 0.4) is 0 Å². The van der Waals surface area contributed by atoms with Gasteiger partial charge in [-0.3, -0.25) is 5.32 Å². The highest BCUT2D eigenvalue weighted by atomic mass is 32.2. The van der Waals surface area contributed by atoms with Crippen LogP contribution in [-0.2, 0) is 0 Å².